The third-order valence-corrected chi connectivity index (χ3v) is 5.75. The number of nitrogens with zero attached hydrogens (tertiary/aromatic N) is 2. The summed E-state index contributed by atoms with van der Waals surface area (Å²) in [6.07, 6.45) is 1.74. The van der Waals surface area contributed by atoms with E-state index >= 15 is 0 Å². The van der Waals surface area contributed by atoms with E-state index in [1.54, 1.807) is 16.6 Å². The maximum absolute atomic E-state index is 12.8. The quantitative estimate of drug-likeness (QED) is 0.851. The number of ether oxygens (including phenoxy) is 1. The van der Waals surface area contributed by atoms with Gasteiger partial charge in [-0.15, -0.1) is 0 Å². The fourth-order valence-corrected chi connectivity index (χ4v) is 4.23. The van der Waals surface area contributed by atoms with Crippen LogP contribution in [-0.2, 0) is 27.8 Å². The molecule has 1 saturated heterocycles. The van der Waals surface area contributed by atoms with Crippen molar-refractivity contribution in [3.05, 3.63) is 18.0 Å². The molecule has 1 N–H and O–H groups in total. The maximum Gasteiger partial charge on any atom is 0.244 e. The molecule has 0 saturated carbocycles. The number of hydrogen-bond acceptors (Lipinski definition) is 4. The summed E-state index contributed by atoms with van der Waals surface area (Å²) in [5.41, 5.74) is 0.999. The zero-order valence-corrected chi connectivity index (χ0v) is 13.8. The molecule has 120 valence electrons. The number of nitrogens with one attached hydrogen (secondary N) is 1. The molecule has 1 fully saturated rings. The number of rotatable bonds is 6. The van der Waals surface area contributed by atoms with Gasteiger partial charge in [-0.2, -0.15) is 4.31 Å². The molecule has 7 heteroatoms. The number of sulfonamides is 1. The third kappa shape index (κ3) is 3.48. The van der Waals surface area contributed by atoms with E-state index in [-0.39, 0.29) is 6.04 Å². The van der Waals surface area contributed by atoms with Crippen LogP contribution in [0.2, 0.25) is 0 Å². The average molecular weight is 315 g/mol. The fraction of sp³-hybridized carbons (Fsp3) is 0.714. The topological polar surface area (TPSA) is 63.6 Å². The molecular formula is C14H25N3O3S. The van der Waals surface area contributed by atoms with Gasteiger partial charge in [-0.05, 0) is 26.5 Å². The lowest BCUT2D eigenvalue weighted by atomic mass is 10.3. The second-order valence-electron chi connectivity index (χ2n) is 5.27. The molecule has 2 rings (SSSR count). The summed E-state index contributed by atoms with van der Waals surface area (Å²) < 4.78 is 34.4. The van der Waals surface area contributed by atoms with Crippen LogP contribution in [-0.4, -0.2) is 49.6 Å². The summed E-state index contributed by atoms with van der Waals surface area (Å²) in [6.45, 7) is 9.57. The second-order valence-corrected chi connectivity index (χ2v) is 7.16. The Bertz CT molecular complexity index is 568. The van der Waals surface area contributed by atoms with Crippen LogP contribution in [0.5, 0.6) is 0 Å². The molecule has 0 radical (unpaired) electrons. The van der Waals surface area contributed by atoms with Crippen molar-refractivity contribution in [1.29, 1.82) is 0 Å². The average Bonchev–Trinajstić information content (AvgIpc) is 2.89. The van der Waals surface area contributed by atoms with Crippen LogP contribution in [0.25, 0.3) is 0 Å². The van der Waals surface area contributed by atoms with Crippen molar-refractivity contribution in [2.24, 2.45) is 0 Å². The minimum Gasteiger partial charge on any atom is -0.378 e. The first-order chi connectivity index (χ1) is 10.0. The van der Waals surface area contributed by atoms with Crippen LogP contribution in [0.3, 0.4) is 0 Å². The standard InChI is InChI=1S/C14H25N3O3S/c1-4-15-9-13-8-14(10-16(13)5-2)21(18,19)17-6-7-20-11-12(17)3/h8,10,12,15H,4-7,9,11H2,1-3H3. The number of morpholine rings is 1. The molecule has 2 heterocycles. The van der Waals surface area contributed by atoms with Gasteiger partial charge in [0.15, 0.2) is 0 Å². The van der Waals surface area contributed by atoms with Gasteiger partial charge in [0.2, 0.25) is 10.0 Å². The number of aromatic nitrogens is 1. The van der Waals surface area contributed by atoms with Gasteiger partial charge in [-0.3, -0.25) is 0 Å². The Balaban J connectivity index is 2.29. The lowest BCUT2D eigenvalue weighted by Gasteiger charge is -2.31. The molecule has 1 atom stereocenters. The first-order valence-electron chi connectivity index (χ1n) is 7.50. The second kappa shape index (κ2) is 6.91. The van der Waals surface area contributed by atoms with Gasteiger partial charge in [0, 0.05) is 37.6 Å². The lowest BCUT2D eigenvalue weighted by Crippen LogP contribution is -2.46. The molecular weight excluding hydrogens is 290 g/mol. The Morgan fingerprint density at radius 3 is 2.81 bits per heavy atom. The van der Waals surface area contributed by atoms with Crippen molar-refractivity contribution in [3.8, 4) is 0 Å². The van der Waals surface area contributed by atoms with Gasteiger partial charge >= 0.3 is 0 Å². The van der Waals surface area contributed by atoms with Crippen LogP contribution in [0.4, 0.5) is 0 Å². The van der Waals surface area contributed by atoms with E-state index in [0.717, 1.165) is 18.8 Å². The molecule has 1 unspecified atom stereocenters. The summed E-state index contributed by atoms with van der Waals surface area (Å²) in [5, 5.41) is 3.24. The third-order valence-electron chi connectivity index (χ3n) is 3.77. The van der Waals surface area contributed by atoms with E-state index in [1.165, 1.54) is 0 Å². The summed E-state index contributed by atoms with van der Waals surface area (Å²) >= 11 is 0. The maximum atomic E-state index is 12.8. The highest BCUT2D eigenvalue weighted by atomic mass is 32.2. The molecule has 0 aliphatic carbocycles. The Morgan fingerprint density at radius 1 is 1.43 bits per heavy atom. The first kappa shape index (κ1) is 16.5. The van der Waals surface area contributed by atoms with Gasteiger partial charge in [-0.1, -0.05) is 6.92 Å². The number of hydrogen-bond donors (Lipinski definition) is 1. The largest absolute Gasteiger partial charge is 0.378 e. The van der Waals surface area contributed by atoms with Gasteiger partial charge in [0.1, 0.15) is 4.90 Å². The van der Waals surface area contributed by atoms with E-state index in [4.69, 9.17) is 4.74 Å². The van der Waals surface area contributed by atoms with Crippen LogP contribution >= 0.6 is 0 Å². The molecule has 1 aromatic heterocycles. The van der Waals surface area contributed by atoms with Gasteiger partial charge in [0.25, 0.3) is 0 Å². The van der Waals surface area contributed by atoms with E-state index in [2.05, 4.69) is 5.32 Å². The van der Waals surface area contributed by atoms with Gasteiger partial charge in [0.05, 0.1) is 13.2 Å². The predicted molar refractivity (Wildman–Crippen MR) is 81.7 cm³/mol. The van der Waals surface area contributed by atoms with Crippen molar-refractivity contribution in [2.45, 2.75) is 44.8 Å². The highest BCUT2D eigenvalue weighted by Crippen LogP contribution is 2.22. The Labute approximate surface area is 127 Å². The summed E-state index contributed by atoms with van der Waals surface area (Å²) in [6, 6.07) is 1.66. The number of aryl methyl sites for hydroxylation is 1. The molecule has 1 aromatic rings. The van der Waals surface area contributed by atoms with Crippen LogP contribution < -0.4 is 5.32 Å². The van der Waals surface area contributed by atoms with Crippen LogP contribution in [0.15, 0.2) is 17.2 Å². The normalized spacial score (nSPS) is 20.8. The lowest BCUT2D eigenvalue weighted by molar-refractivity contribution is 0.0393. The monoisotopic (exact) mass is 315 g/mol. The van der Waals surface area contributed by atoms with Crippen molar-refractivity contribution in [1.82, 2.24) is 14.2 Å². The minimum absolute atomic E-state index is 0.119. The minimum atomic E-state index is -3.44. The zero-order valence-electron chi connectivity index (χ0n) is 13.0. The van der Waals surface area contributed by atoms with Gasteiger partial charge in [-0.25, -0.2) is 8.42 Å². The van der Waals surface area contributed by atoms with Crippen molar-refractivity contribution < 1.29 is 13.2 Å². The van der Waals surface area contributed by atoms with E-state index in [1.807, 2.05) is 25.3 Å². The zero-order chi connectivity index (χ0) is 15.5. The predicted octanol–water partition coefficient (Wildman–Crippen LogP) is 1.03. The van der Waals surface area contributed by atoms with E-state index < -0.39 is 10.0 Å². The molecule has 6 nitrogen and oxygen atoms in total. The molecule has 0 aromatic carbocycles. The fourth-order valence-electron chi connectivity index (χ4n) is 2.57. The Hall–Kier alpha value is -0.890. The highest BCUT2D eigenvalue weighted by Gasteiger charge is 2.32. The SMILES string of the molecule is CCNCc1cc(S(=O)(=O)N2CCOCC2C)cn1CC. The molecule has 1 aliphatic rings. The molecule has 0 bridgehead atoms. The molecule has 21 heavy (non-hydrogen) atoms. The van der Waals surface area contributed by atoms with Crippen LogP contribution in [0, 0.1) is 0 Å². The van der Waals surface area contributed by atoms with E-state index in [9.17, 15) is 8.42 Å². The van der Waals surface area contributed by atoms with Gasteiger partial charge < -0.3 is 14.6 Å². The first-order valence-corrected chi connectivity index (χ1v) is 8.94. The van der Waals surface area contributed by atoms with E-state index in [0.29, 0.717) is 31.2 Å². The summed E-state index contributed by atoms with van der Waals surface area (Å²) in [7, 11) is -3.44. The van der Waals surface area contributed by atoms with Crippen molar-refractivity contribution in [3.63, 3.8) is 0 Å². The molecule has 0 amide bonds. The highest BCUT2D eigenvalue weighted by molar-refractivity contribution is 7.89. The summed E-state index contributed by atoms with van der Waals surface area (Å²) in [5.74, 6) is 0. The molecule has 1 aliphatic heterocycles. The smallest absolute Gasteiger partial charge is 0.244 e. The molecule has 0 spiro atoms. The van der Waals surface area contributed by atoms with Crippen LogP contribution in [0.1, 0.15) is 26.5 Å². The van der Waals surface area contributed by atoms with Crippen molar-refractivity contribution >= 4 is 10.0 Å². The summed E-state index contributed by atoms with van der Waals surface area (Å²) in [4.78, 5) is 0.381. The Kier molecular flexibility index (Phi) is 5.43. The van der Waals surface area contributed by atoms with Crippen molar-refractivity contribution in [2.75, 3.05) is 26.3 Å². The Morgan fingerprint density at radius 2 is 2.19 bits per heavy atom.